The number of rotatable bonds is 3. The van der Waals surface area contributed by atoms with Crippen LogP contribution >= 0.6 is 0 Å². The molecule has 132 valence electrons. The summed E-state index contributed by atoms with van der Waals surface area (Å²) in [5, 5.41) is 0. The molecule has 0 N–H and O–H groups in total. The van der Waals surface area contributed by atoms with Gasteiger partial charge in [-0.1, -0.05) is 89.5 Å². The van der Waals surface area contributed by atoms with Crippen molar-refractivity contribution in [2.24, 2.45) is 0 Å². The molecular formula is C24H21N3. The van der Waals surface area contributed by atoms with E-state index in [0.717, 1.165) is 16.7 Å². The predicted molar refractivity (Wildman–Crippen MR) is 110 cm³/mol. The zero-order valence-corrected chi connectivity index (χ0v) is 15.8. The van der Waals surface area contributed by atoms with Crippen LogP contribution in [-0.2, 0) is 0 Å². The molecule has 0 saturated carbocycles. The van der Waals surface area contributed by atoms with E-state index in [1.807, 2.05) is 0 Å². The van der Waals surface area contributed by atoms with E-state index in [4.69, 9.17) is 15.0 Å². The first-order valence-corrected chi connectivity index (χ1v) is 9.06. The van der Waals surface area contributed by atoms with Crippen LogP contribution in [0.15, 0.2) is 72.8 Å². The number of nitrogens with zero attached hydrogens (tertiary/aromatic N) is 3. The molecule has 0 aliphatic carbocycles. The van der Waals surface area contributed by atoms with Crippen molar-refractivity contribution in [3.05, 3.63) is 89.5 Å². The van der Waals surface area contributed by atoms with Crippen LogP contribution in [0.5, 0.6) is 0 Å². The van der Waals surface area contributed by atoms with Crippen molar-refractivity contribution in [1.82, 2.24) is 15.0 Å². The number of hydrogen-bond acceptors (Lipinski definition) is 3. The summed E-state index contributed by atoms with van der Waals surface area (Å²) in [6, 6.07) is 24.8. The van der Waals surface area contributed by atoms with Gasteiger partial charge in [-0.25, -0.2) is 15.0 Å². The fourth-order valence-electron chi connectivity index (χ4n) is 2.87. The lowest BCUT2D eigenvalue weighted by molar-refractivity contribution is 1.07. The Morgan fingerprint density at radius 2 is 0.593 bits per heavy atom. The van der Waals surface area contributed by atoms with Crippen LogP contribution in [-0.4, -0.2) is 15.0 Å². The highest BCUT2D eigenvalue weighted by Gasteiger charge is 2.12. The minimum Gasteiger partial charge on any atom is -0.208 e. The Bertz CT molecular complexity index is 910. The van der Waals surface area contributed by atoms with Gasteiger partial charge in [0.1, 0.15) is 0 Å². The molecule has 3 aromatic carbocycles. The van der Waals surface area contributed by atoms with E-state index in [9.17, 15) is 0 Å². The highest BCUT2D eigenvalue weighted by Crippen LogP contribution is 2.25. The molecule has 27 heavy (non-hydrogen) atoms. The normalized spacial score (nSPS) is 10.8. The lowest BCUT2D eigenvalue weighted by atomic mass is 10.1. The molecule has 0 aliphatic heterocycles. The molecule has 0 radical (unpaired) electrons. The molecule has 0 amide bonds. The Labute approximate surface area is 159 Å². The largest absolute Gasteiger partial charge is 0.208 e. The molecule has 4 rings (SSSR count). The molecule has 1 aromatic heterocycles. The van der Waals surface area contributed by atoms with E-state index in [1.54, 1.807) is 0 Å². The highest BCUT2D eigenvalue weighted by atomic mass is 15.0. The molecule has 0 fully saturated rings. The maximum atomic E-state index is 4.75. The molecule has 0 atom stereocenters. The highest BCUT2D eigenvalue weighted by molar-refractivity contribution is 5.66. The second-order valence-electron chi connectivity index (χ2n) is 6.90. The average Bonchev–Trinajstić information content (AvgIpc) is 2.69. The first-order chi connectivity index (χ1) is 13.1. The van der Waals surface area contributed by atoms with Crippen LogP contribution in [0.2, 0.25) is 0 Å². The zero-order chi connectivity index (χ0) is 18.8. The van der Waals surface area contributed by atoms with E-state index in [0.29, 0.717) is 17.5 Å². The summed E-state index contributed by atoms with van der Waals surface area (Å²) >= 11 is 0. The van der Waals surface area contributed by atoms with Gasteiger partial charge in [-0.15, -0.1) is 0 Å². The van der Waals surface area contributed by atoms with Gasteiger partial charge in [-0.3, -0.25) is 0 Å². The summed E-state index contributed by atoms with van der Waals surface area (Å²) in [6.45, 7) is 6.23. The zero-order valence-electron chi connectivity index (χ0n) is 15.8. The third-order valence-electron chi connectivity index (χ3n) is 4.56. The minimum absolute atomic E-state index is 0.691. The number of aromatic nitrogens is 3. The Morgan fingerprint density at radius 1 is 0.370 bits per heavy atom. The van der Waals surface area contributed by atoms with Gasteiger partial charge in [0, 0.05) is 16.7 Å². The molecule has 1 heterocycles. The van der Waals surface area contributed by atoms with Gasteiger partial charge >= 0.3 is 0 Å². The fraction of sp³-hybridized carbons (Fsp3) is 0.125. The monoisotopic (exact) mass is 351 g/mol. The second-order valence-corrected chi connectivity index (χ2v) is 6.90. The van der Waals surface area contributed by atoms with Gasteiger partial charge < -0.3 is 0 Å². The maximum Gasteiger partial charge on any atom is 0.164 e. The fourth-order valence-corrected chi connectivity index (χ4v) is 2.87. The van der Waals surface area contributed by atoms with Gasteiger partial charge in [0.25, 0.3) is 0 Å². The van der Waals surface area contributed by atoms with Crippen LogP contribution in [0.1, 0.15) is 16.7 Å². The number of aryl methyl sites for hydroxylation is 3. The van der Waals surface area contributed by atoms with Crippen molar-refractivity contribution in [3.8, 4) is 34.2 Å². The van der Waals surface area contributed by atoms with Gasteiger partial charge in [0.05, 0.1) is 0 Å². The summed E-state index contributed by atoms with van der Waals surface area (Å²) in [5.41, 5.74) is 6.61. The third-order valence-corrected chi connectivity index (χ3v) is 4.56. The van der Waals surface area contributed by atoms with E-state index >= 15 is 0 Å². The van der Waals surface area contributed by atoms with E-state index in [1.165, 1.54) is 16.7 Å². The second kappa shape index (κ2) is 7.12. The molecule has 3 nitrogen and oxygen atoms in total. The van der Waals surface area contributed by atoms with E-state index in [2.05, 4.69) is 93.6 Å². The summed E-state index contributed by atoms with van der Waals surface area (Å²) in [6.07, 6.45) is 0. The smallest absolute Gasteiger partial charge is 0.164 e. The van der Waals surface area contributed by atoms with E-state index < -0.39 is 0 Å². The lowest BCUT2D eigenvalue weighted by Gasteiger charge is -2.09. The topological polar surface area (TPSA) is 38.7 Å². The number of hydrogen-bond donors (Lipinski definition) is 0. The molecule has 0 unspecified atom stereocenters. The first kappa shape index (κ1) is 17.1. The van der Waals surface area contributed by atoms with Crippen LogP contribution < -0.4 is 0 Å². The van der Waals surface area contributed by atoms with Crippen molar-refractivity contribution >= 4 is 0 Å². The van der Waals surface area contributed by atoms with Crippen molar-refractivity contribution in [3.63, 3.8) is 0 Å². The Balaban J connectivity index is 1.89. The molecular weight excluding hydrogens is 330 g/mol. The predicted octanol–water partition coefficient (Wildman–Crippen LogP) is 5.80. The Kier molecular flexibility index (Phi) is 4.51. The average molecular weight is 351 g/mol. The van der Waals surface area contributed by atoms with Gasteiger partial charge in [0.2, 0.25) is 0 Å². The molecule has 0 saturated heterocycles. The minimum atomic E-state index is 0.691. The van der Waals surface area contributed by atoms with Crippen molar-refractivity contribution in [2.45, 2.75) is 20.8 Å². The van der Waals surface area contributed by atoms with Crippen LogP contribution in [0.4, 0.5) is 0 Å². The van der Waals surface area contributed by atoms with Crippen molar-refractivity contribution in [2.75, 3.05) is 0 Å². The van der Waals surface area contributed by atoms with Crippen LogP contribution in [0.25, 0.3) is 34.2 Å². The Morgan fingerprint density at radius 3 is 0.815 bits per heavy atom. The number of benzene rings is 3. The summed E-state index contributed by atoms with van der Waals surface area (Å²) < 4.78 is 0. The molecule has 0 bridgehead atoms. The third kappa shape index (κ3) is 3.77. The molecule has 0 spiro atoms. The van der Waals surface area contributed by atoms with Gasteiger partial charge in [-0.05, 0) is 20.8 Å². The standard InChI is InChI=1S/C24H21N3/c1-16-4-10-19(11-5-16)22-25-23(20-12-6-17(2)7-13-20)27-24(26-22)21-14-8-18(3)9-15-21/h4-15H,1-3H3. The summed E-state index contributed by atoms with van der Waals surface area (Å²) in [7, 11) is 0. The quantitative estimate of drug-likeness (QED) is 0.468. The maximum absolute atomic E-state index is 4.75. The summed E-state index contributed by atoms with van der Waals surface area (Å²) in [5.74, 6) is 2.07. The van der Waals surface area contributed by atoms with Gasteiger partial charge in [0.15, 0.2) is 17.5 Å². The Hall–Kier alpha value is -3.33. The molecule has 3 heteroatoms. The van der Waals surface area contributed by atoms with Crippen molar-refractivity contribution in [1.29, 1.82) is 0 Å². The molecule has 0 aliphatic rings. The van der Waals surface area contributed by atoms with Crippen LogP contribution in [0, 0.1) is 20.8 Å². The van der Waals surface area contributed by atoms with E-state index in [-0.39, 0.29) is 0 Å². The molecule has 4 aromatic rings. The van der Waals surface area contributed by atoms with Crippen LogP contribution in [0.3, 0.4) is 0 Å². The van der Waals surface area contributed by atoms with Crippen molar-refractivity contribution < 1.29 is 0 Å². The van der Waals surface area contributed by atoms with Gasteiger partial charge in [-0.2, -0.15) is 0 Å². The summed E-state index contributed by atoms with van der Waals surface area (Å²) in [4.78, 5) is 14.3. The lowest BCUT2D eigenvalue weighted by Crippen LogP contribution is -2.00. The SMILES string of the molecule is Cc1ccc(-c2nc(-c3ccc(C)cc3)nc(-c3ccc(C)cc3)n2)cc1. The first-order valence-electron chi connectivity index (χ1n) is 9.06.